The summed E-state index contributed by atoms with van der Waals surface area (Å²) in [5.41, 5.74) is 0.913. The van der Waals surface area contributed by atoms with E-state index in [0.717, 1.165) is 22.0 Å². The fourth-order valence-electron chi connectivity index (χ4n) is 2.15. The molecule has 0 bridgehead atoms. The number of aryl methyl sites for hydroxylation is 1. The fraction of sp³-hybridized carbons (Fsp3) is 0.438. The van der Waals surface area contributed by atoms with Gasteiger partial charge in [-0.25, -0.2) is 0 Å². The highest BCUT2D eigenvalue weighted by molar-refractivity contribution is 14.1. The van der Waals surface area contributed by atoms with Gasteiger partial charge in [-0.3, -0.25) is 4.79 Å². The molecule has 0 spiro atoms. The van der Waals surface area contributed by atoms with Crippen LogP contribution in [0.15, 0.2) is 28.8 Å². The van der Waals surface area contributed by atoms with E-state index in [-0.39, 0.29) is 11.9 Å². The maximum atomic E-state index is 11.8. The number of nitrogens with one attached hydrogen (secondary N) is 1. The van der Waals surface area contributed by atoms with Gasteiger partial charge in [-0.05, 0) is 48.1 Å². The zero-order valence-electron chi connectivity index (χ0n) is 12.8. The molecule has 2 rings (SSSR count). The summed E-state index contributed by atoms with van der Waals surface area (Å²) in [6, 6.07) is 8.11. The van der Waals surface area contributed by atoms with E-state index in [9.17, 15) is 4.79 Å². The first kappa shape index (κ1) is 16.9. The highest BCUT2D eigenvalue weighted by Crippen LogP contribution is 2.17. The molecular formula is C16H20IN3O2. The molecule has 0 aliphatic carbocycles. The smallest absolute Gasteiger partial charge is 0.227 e. The predicted octanol–water partition coefficient (Wildman–Crippen LogP) is 3.58. The standard InChI is InChI=1S/C16H20IN3O2/c1-3-4-11(2)18-14(21)9-10-15-19-16(20-22-15)12-5-7-13(17)8-6-12/h5-8,11H,3-4,9-10H2,1-2H3,(H,18,21). The van der Waals surface area contributed by atoms with Crippen molar-refractivity contribution in [3.63, 3.8) is 0 Å². The van der Waals surface area contributed by atoms with Crippen LogP contribution >= 0.6 is 22.6 Å². The second-order valence-electron chi connectivity index (χ2n) is 5.28. The summed E-state index contributed by atoms with van der Waals surface area (Å²) in [6.07, 6.45) is 2.87. The number of carbonyl (C=O) groups excluding carboxylic acids is 1. The zero-order chi connectivity index (χ0) is 15.9. The summed E-state index contributed by atoms with van der Waals surface area (Å²) >= 11 is 2.25. The van der Waals surface area contributed by atoms with Gasteiger partial charge < -0.3 is 9.84 Å². The Balaban J connectivity index is 1.87. The van der Waals surface area contributed by atoms with Crippen LogP contribution in [0, 0.1) is 3.57 Å². The molecule has 0 aliphatic rings. The Kier molecular flexibility index (Phi) is 6.35. The van der Waals surface area contributed by atoms with Gasteiger partial charge in [0.15, 0.2) is 0 Å². The summed E-state index contributed by atoms with van der Waals surface area (Å²) in [4.78, 5) is 16.2. The lowest BCUT2D eigenvalue weighted by atomic mass is 10.2. The van der Waals surface area contributed by atoms with Crippen LogP contribution in [0.4, 0.5) is 0 Å². The third kappa shape index (κ3) is 5.08. The van der Waals surface area contributed by atoms with E-state index in [4.69, 9.17) is 4.52 Å². The summed E-state index contributed by atoms with van der Waals surface area (Å²) in [7, 11) is 0. The first-order valence-electron chi connectivity index (χ1n) is 7.46. The molecule has 5 nitrogen and oxygen atoms in total. The number of hydrogen-bond donors (Lipinski definition) is 1. The molecule has 1 unspecified atom stereocenters. The largest absolute Gasteiger partial charge is 0.354 e. The Morgan fingerprint density at radius 1 is 1.36 bits per heavy atom. The van der Waals surface area contributed by atoms with Crippen LogP contribution in [-0.2, 0) is 11.2 Å². The van der Waals surface area contributed by atoms with Gasteiger partial charge >= 0.3 is 0 Å². The molecule has 1 aromatic heterocycles. The van der Waals surface area contributed by atoms with E-state index in [2.05, 4.69) is 45.0 Å². The number of hydrogen-bond acceptors (Lipinski definition) is 4. The van der Waals surface area contributed by atoms with Crippen LogP contribution in [-0.4, -0.2) is 22.1 Å². The summed E-state index contributed by atoms with van der Waals surface area (Å²) < 4.78 is 6.36. The molecule has 22 heavy (non-hydrogen) atoms. The number of rotatable bonds is 7. The molecule has 1 N–H and O–H groups in total. The van der Waals surface area contributed by atoms with E-state index in [1.165, 1.54) is 0 Å². The molecule has 0 fully saturated rings. The van der Waals surface area contributed by atoms with Crippen molar-refractivity contribution in [3.05, 3.63) is 33.7 Å². The second kappa shape index (κ2) is 8.26. The topological polar surface area (TPSA) is 68.0 Å². The molecule has 1 aromatic carbocycles. The van der Waals surface area contributed by atoms with Crippen molar-refractivity contribution in [2.45, 2.75) is 45.6 Å². The summed E-state index contributed by atoms with van der Waals surface area (Å²) in [6.45, 7) is 4.12. The Bertz CT molecular complexity index is 610. The molecule has 0 aliphatic heterocycles. The van der Waals surface area contributed by atoms with Crippen LogP contribution in [0.25, 0.3) is 11.4 Å². The van der Waals surface area contributed by atoms with Crippen molar-refractivity contribution in [3.8, 4) is 11.4 Å². The maximum absolute atomic E-state index is 11.8. The quantitative estimate of drug-likeness (QED) is 0.705. The molecule has 118 valence electrons. The maximum Gasteiger partial charge on any atom is 0.227 e. The van der Waals surface area contributed by atoms with Crippen LogP contribution in [0.1, 0.15) is 39.0 Å². The molecule has 0 radical (unpaired) electrons. The van der Waals surface area contributed by atoms with Crippen molar-refractivity contribution in [2.24, 2.45) is 0 Å². The molecule has 6 heteroatoms. The van der Waals surface area contributed by atoms with Crippen molar-refractivity contribution in [1.29, 1.82) is 0 Å². The number of nitrogens with zero attached hydrogens (tertiary/aromatic N) is 2. The lowest BCUT2D eigenvalue weighted by Crippen LogP contribution is -2.32. The average molecular weight is 413 g/mol. The van der Waals surface area contributed by atoms with Gasteiger partial charge in [0.25, 0.3) is 0 Å². The second-order valence-corrected chi connectivity index (χ2v) is 6.52. The third-order valence-electron chi connectivity index (χ3n) is 3.27. The van der Waals surface area contributed by atoms with Crippen molar-refractivity contribution >= 4 is 28.5 Å². The van der Waals surface area contributed by atoms with Crippen LogP contribution in [0.5, 0.6) is 0 Å². The molecule has 1 heterocycles. The first-order valence-corrected chi connectivity index (χ1v) is 8.54. The number of halogens is 1. The van der Waals surface area contributed by atoms with Gasteiger partial charge in [-0.15, -0.1) is 0 Å². The Morgan fingerprint density at radius 2 is 2.09 bits per heavy atom. The molecule has 2 aromatic rings. The Morgan fingerprint density at radius 3 is 2.77 bits per heavy atom. The van der Waals surface area contributed by atoms with E-state index < -0.39 is 0 Å². The number of benzene rings is 1. The Hall–Kier alpha value is -1.44. The SMILES string of the molecule is CCCC(C)NC(=O)CCc1nc(-c2ccc(I)cc2)no1. The molecular weight excluding hydrogens is 393 g/mol. The van der Waals surface area contributed by atoms with Gasteiger partial charge in [0.2, 0.25) is 17.6 Å². The highest BCUT2D eigenvalue weighted by Gasteiger charge is 2.12. The summed E-state index contributed by atoms with van der Waals surface area (Å²) in [5, 5.41) is 6.93. The number of carbonyl (C=O) groups is 1. The summed E-state index contributed by atoms with van der Waals surface area (Å²) in [5.74, 6) is 1.08. The Labute approximate surface area is 144 Å². The van der Waals surface area contributed by atoms with Gasteiger partial charge in [0.05, 0.1) is 0 Å². The minimum atomic E-state index is 0.0231. The lowest BCUT2D eigenvalue weighted by Gasteiger charge is -2.11. The number of aromatic nitrogens is 2. The average Bonchev–Trinajstić information content (AvgIpc) is 2.95. The number of amides is 1. The van der Waals surface area contributed by atoms with E-state index >= 15 is 0 Å². The minimum absolute atomic E-state index is 0.0231. The van der Waals surface area contributed by atoms with Crippen LogP contribution < -0.4 is 5.32 Å². The first-order chi connectivity index (χ1) is 10.6. The van der Waals surface area contributed by atoms with E-state index in [1.807, 2.05) is 31.2 Å². The van der Waals surface area contributed by atoms with E-state index in [0.29, 0.717) is 24.6 Å². The predicted molar refractivity (Wildman–Crippen MR) is 93.3 cm³/mol. The van der Waals surface area contributed by atoms with Crippen molar-refractivity contribution in [2.75, 3.05) is 0 Å². The van der Waals surface area contributed by atoms with Gasteiger partial charge in [0.1, 0.15) is 0 Å². The van der Waals surface area contributed by atoms with Crippen molar-refractivity contribution < 1.29 is 9.32 Å². The fourth-order valence-corrected chi connectivity index (χ4v) is 2.50. The third-order valence-corrected chi connectivity index (χ3v) is 3.98. The van der Waals surface area contributed by atoms with Gasteiger partial charge in [0, 0.05) is 28.0 Å². The lowest BCUT2D eigenvalue weighted by molar-refractivity contribution is -0.121. The minimum Gasteiger partial charge on any atom is -0.354 e. The van der Waals surface area contributed by atoms with Crippen molar-refractivity contribution in [1.82, 2.24) is 15.5 Å². The highest BCUT2D eigenvalue weighted by atomic mass is 127. The molecule has 1 amide bonds. The monoisotopic (exact) mass is 413 g/mol. The van der Waals surface area contributed by atoms with Crippen LogP contribution in [0.3, 0.4) is 0 Å². The molecule has 1 atom stereocenters. The van der Waals surface area contributed by atoms with Crippen LogP contribution in [0.2, 0.25) is 0 Å². The molecule has 0 saturated carbocycles. The zero-order valence-corrected chi connectivity index (χ0v) is 15.0. The van der Waals surface area contributed by atoms with Gasteiger partial charge in [-0.2, -0.15) is 4.98 Å². The molecule has 0 saturated heterocycles. The van der Waals surface area contributed by atoms with E-state index in [1.54, 1.807) is 0 Å². The van der Waals surface area contributed by atoms with Gasteiger partial charge in [-0.1, -0.05) is 30.6 Å². The normalized spacial score (nSPS) is 12.1.